The molecule has 7 heteroatoms. The lowest BCUT2D eigenvalue weighted by Crippen LogP contribution is -2.14. The van der Waals surface area contributed by atoms with Crippen LogP contribution in [0.3, 0.4) is 0 Å². The van der Waals surface area contributed by atoms with Crippen LogP contribution in [0.4, 0.5) is 5.69 Å². The Kier molecular flexibility index (Phi) is 4.39. The van der Waals surface area contributed by atoms with Gasteiger partial charge in [-0.2, -0.15) is 0 Å². The molecule has 0 spiro atoms. The monoisotopic (exact) mass is 338 g/mol. The van der Waals surface area contributed by atoms with Crippen LogP contribution in [0.25, 0.3) is 0 Å². The van der Waals surface area contributed by atoms with E-state index < -0.39 is 0 Å². The third kappa shape index (κ3) is 3.36. The number of carbonyl (C=O) groups excluding carboxylic acids is 1. The zero-order valence-electron chi connectivity index (χ0n) is 11.4. The number of aromatic amines is 1. The van der Waals surface area contributed by atoms with Crippen LogP contribution in [0, 0.1) is 0 Å². The minimum Gasteiger partial charge on any atom is -0.497 e. The van der Waals surface area contributed by atoms with E-state index in [0.29, 0.717) is 17.3 Å². The van der Waals surface area contributed by atoms with E-state index in [-0.39, 0.29) is 17.6 Å². The predicted molar refractivity (Wildman–Crippen MR) is 79.1 cm³/mol. The number of hydrogen-bond donors (Lipinski definition) is 2. The van der Waals surface area contributed by atoms with Crippen LogP contribution >= 0.6 is 15.9 Å². The molecule has 2 rings (SSSR count). The lowest BCUT2D eigenvalue weighted by Gasteiger charge is -2.06. The standard InChI is InChI=1S/C13H15BrN4O2/c1-7(2)11-16-12(18-17-11)13(19)15-9-4-8(14)5-10(6-9)20-3/h4-7H,1-3H3,(H,15,19)(H,16,17,18). The number of halogens is 1. The zero-order valence-corrected chi connectivity index (χ0v) is 13.0. The third-order valence-corrected chi connectivity index (χ3v) is 3.08. The first-order chi connectivity index (χ1) is 9.49. The molecule has 0 saturated carbocycles. The summed E-state index contributed by atoms with van der Waals surface area (Å²) in [6, 6.07) is 5.30. The van der Waals surface area contributed by atoms with Gasteiger partial charge in [-0.05, 0) is 12.1 Å². The summed E-state index contributed by atoms with van der Waals surface area (Å²) < 4.78 is 5.95. The van der Waals surface area contributed by atoms with Gasteiger partial charge < -0.3 is 10.1 Å². The maximum absolute atomic E-state index is 12.0. The molecule has 0 aliphatic rings. The number of nitrogens with zero attached hydrogens (tertiary/aromatic N) is 2. The Balaban J connectivity index is 2.16. The molecule has 6 nitrogen and oxygen atoms in total. The fraction of sp³-hybridized carbons (Fsp3) is 0.308. The quantitative estimate of drug-likeness (QED) is 0.898. The number of carbonyl (C=O) groups is 1. The molecule has 1 aromatic carbocycles. The summed E-state index contributed by atoms with van der Waals surface area (Å²) in [4.78, 5) is 16.2. The van der Waals surface area contributed by atoms with Crippen molar-refractivity contribution in [3.8, 4) is 5.75 Å². The Morgan fingerprint density at radius 3 is 2.75 bits per heavy atom. The van der Waals surface area contributed by atoms with Crippen LogP contribution in [-0.2, 0) is 0 Å². The molecular weight excluding hydrogens is 324 g/mol. The summed E-state index contributed by atoms with van der Waals surface area (Å²) in [7, 11) is 1.57. The van der Waals surface area contributed by atoms with Crippen molar-refractivity contribution in [3.63, 3.8) is 0 Å². The fourth-order valence-corrected chi connectivity index (χ4v) is 2.05. The molecular formula is C13H15BrN4O2. The molecule has 0 bridgehead atoms. The minimum atomic E-state index is -0.367. The highest BCUT2D eigenvalue weighted by Gasteiger charge is 2.14. The molecule has 1 aromatic heterocycles. The van der Waals surface area contributed by atoms with E-state index in [4.69, 9.17) is 4.74 Å². The molecule has 0 atom stereocenters. The largest absolute Gasteiger partial charge is 0.497 e. The van der Waals surface area contributed by atoms with Gasteiger partial charge in [-0.15, -0.1) is 5.10 Å². The fourth-order valence-electron chi connectivity index (χ4n) is 1.57. The number of nitrogens with one attached hydrogen (secondary N) is 2. The van der Waals surface area contributed by atoms with Crippen molar-refractivity contribution in [2.24, 2.45) is 0 Å². The van der Waals surface area contributed by atoms with Crippen molar-refractivity contribution in [2.45, 2.75) is 19.8 Å². The third-order valence-electron chi connectivity index (χ3n) is 2.62. The van der Waals surface area contributed by atoms with Gasteiger partial charge in [-0.3, -0.25) is 9.89 Å². The predicted octanol–water partition coefficient (Wildman–Crippen LogP) is 2.95. The van der Waals surface area contributed by atoms with Crippen LogP contribution in [0.2, 0.25) is 0 Å². The molecule has 0 aliphatic heterocycles. The molecule has 0 saturated heterocycles. The maximum Gasteiger partial charge on any atom is 0.295 e. The van der Waals surface area contributed by atoms with Crippen LogP contribution < -0.4 is 10.1 Å². The van der Waals surface area contributed by atoms with E-state index in [2.05, 4.69) is 36.4 Å². The van der Waals surface area contributed by atoms with Gasteiger partial charge in [-0.1, -0.05) is 29.8 Å². The summed E-state index contributed by atoms with van der Waals surface area (Å²) in [6.07, 6.45) is 0. The molecule has 20 heavy (non-hydrogen) atoms. The molecule has 1 amide bonds. The summed E-state index contributed by atoms with van der Waals surface area (Å²) in [6.45, 7) is 3.95. The number of ether oxygens (including phenoxy) is 1. The number of amides is 1. The highest BCUT2D eigenvalue weighted by Crippen LogP contribution is 2.24. The lowest BCUT2D eigenvalue weighted by atomic mass is 10.2. The van der Waals surface area contributed by atoms with Crippen molar-refractivity contribution in [1.82, 2.24) is 15.2 Å². The number of rotatable bonds is 4. The van der Waals surface area contributed by atoms with Gasteiger partial charge in [-0.25, -0.2) is 4.98 Å². The number of methoxy groups -OCH3 is 1. The molecule has 0 radical (unpaired) electrons. The van der Waals surface area contributed by atoms with Crippen LogP contribution in [0.5, 0.6) is 5.75 Å². The summed E-state index contributed by atoms with van der Waals surface area (Å²) in [5.74, 6) is 1.27. The maximum atomic E-state index is 12.0. The number of aromatic nitrogens is 3. The van der Waals surface area contributed by atoms with Gasteiger partial charge in [0.1, 0.15) is 11.6 Å². The highest BCUT2D eigenvalue weighted by molar-refractivity contribution is 9.10. The van der Waals surface area contributed by atoms with Crippen molar-refractivity contribution in [1.29, 1.82) is 0 Å². The second-order valence-electron chi connectivity index (χ2n) is 4.53. The average Bonchev–Trinajstić information content (AvgIpc) is 2.87. The van der Waals surface area contributed by atoms with Gasteiger partial charge in [0, 0.05) is 22.1 Å². The zero-order chi connectivity index (χ0) is 14.7. The van der Waals surface area contributed by atoms with Gasteiger partial charge in [0.15, 0.2) is 0 Å². The molecule has 106 valence electrons. The van der Waals surface area contributed by atoms with E-state index in [0.717, 1.165) is 4.47 Å². The summed E-state index contributed by atoms with van der Waals surface area (Å²) >= 11 is 3.35. The van der Waals surface area contributed by atoms with E-state index in [9.17, 15) is 4.79 Å². The van der Waals surface area contributed by atoms with Crippen molar-refractivity contribution in [2.75, 3.05) is 12.4 Å². The van der Waals surface area contributed by atoms with Crippen molar-refractivity contribution < 1.29 is 9.53 Å². The molecule has 1 heterocycles. The highest BCUT2D eigenvalue weighted by atomic mass is 79.9. The molecule has 0 unspecified atom stereocenters. The number of anilines is 1. The first kappa shape index (κ1) is 14.5. The number of H-pyrrole nitrogens is 1. The van der Waals surface area contributed by atoms with Gasteiger partial charge in [0.25, 0.3) is 5.91 Å². The average molecular weight is 339 g/mol. The number of benzene rings is 1. The first-order valence-corrected chi connectivity index (χ1v) is 6.87. The minimum absolute atomic E-state index is 0.118. The normalized spacial score (nSPS) is 10.7. The van der Waals surface area contributed by atoms with Gasteiger partial charge >= 0.3 is 0 Å². The van der Waals surface area contributed by atoms with Crippen molar-refractivity contribution >= 4 is 27.5 Å². The van der Waals surface area contributed by atoms with Crippen LogP contribution in [-0.4, -0.2) is 28.2 Å². The second kappa shape index (κ2) is 6.04. The number of hydrogen-bond acceptors (Lipinski definition) is 4. The Labute approximate surface area is 125 Å². The Hall–Kier alpha value is -1.89. The topological polar surface area (TPSA) is 79.9 Å². The molecule has 0 fully saturated rings. The lowest BCUT2D eigenvalue weighted by molar-refractivity contribution is 0.101. The smallest absolute Gasteiger partial charge is 0.295 e. The second-order valence-corrected chi connectivity index (χ2v) is 5.45. The SMILES string of the molecule is COc1cc(Br)cc(NC(=O)c2n[nH]c(C(C)C)n2)c1. The summed E-state index contributed by atoms with van der Waals surface area (Å²) in [5, 5.41) is 9.39. The first-order valence-electron chi connectivity index (χ1n) is 6.08. The van der Waals surface area contributed by atoms with Crippen molar-refractivity contribution in [3.05, 3.63) is 34.3 Å². The van der Waals surface area contributed by atoms with E-state index in [1.165, 1.54) is 0 Å². The van der Waals surface area contributed by atoms with E-state index >= 15 is 0 Å². The van der Waals surface area contributed by atoms with Gasteiger partial charge in [0.05, 0.1) is 7.11 Å². The van der Waals surface area contributed by atoms with Crippen LogP contribution in [0.15, 0.2) is 22.7 Å². The van der Waals surface area contributed by atoms with E-state index in [1.54, 1.807) is 25.3 Å². The molecule has 0 aliphatic carbocycles. The molecule has 2 N–H and O–H groups in total. The molecule has 2 aromatic rings. The Morgan fingerprint density at radius 1 is 1.40 bits per heavy atom. The Morgan fingerprint density at radius 2 is 2.15 bits per heavy atom. The van der Waals surface area contributed by atoms with E-state index in [1.807, 2.05) is 13.8 Å². The van der Waals surface area contributed by atoms with Gasteiger partial charge in [0.2, 0.25) is 5.82 Å². The summed E-state index contributed by atoms with van der Waals surface area (Å²) in [5.41, 5.74) is 0.608. The Bertz CT molecular complexity index is 625. The van der Waals surface area contributed by atoms with Crippen LogP contribution in [0.1, 0.15) is 36.2 Å².